The Bertz CT molecular complexity index is 507. The first-order valence-electron chi connectivity index (χ1n) is 6.12. The molecule has 0 spiro atoms. The Hall–Kier alpha value is -1.26. The van der Waals surface area contributed by atoms with Crippen LogP contribution < -0.4 is 5.32 Å². The lowest BCUT2D eigenvalue weighted by molar-refractivity contribution is 0.651. The number of rotatable bonds is 5. The van der Waals surface area contributed by atoms with Gasteiger partial charge in [-0.1, -0.05) is 18.2 Å². The molecule has 1 N–H and O–H groups in total. The molecule has 2 rings (SSSR count). The van der Waals surface area contributed by atoms with Gasteiger partial charge in [0.1, 0.15) is 0 Å². The number of nitrogens with zero attached hydrogens (tertiary/aromatic N) is 2. The summed E-state index contributed by atoms with van der Waals surface area (Å²) in [7, 11) is 1.99. The Morgan fingerprint density at radius 3 is 2.78 bits per heavy atom. The van der Waals surface area contributed by atoms with Crippen molar-refractivity contribution in [1.29, 1.82) is 0 Å². The monoisotopic (exact) mass is 261 g/mol. The standard InChI is InChI=1S/C14H19N3S/c1-4-17-10-11(9-16-17)14(15-2)12-7-5-6-8-13(12)18-3/h5-10,14-15H,4H2,1-3H3. The van der Waals surface area contributed by atoms with Crippen molar-refractivity contribution in [2.75, 3.05) is 13.3 Å². The first kappa shape index (κ1) is 13.2. The van der Waals surface area contributed by atoms with Crippen LogP contribution in [0.15, 0.2) is 41.6 Å². The summed E-state index contributed by atoms with van der Waals surface area (Å²) in [5, 5.41) is 7.73. The van der Waals surface area contributed by atoms with Crippen LogP contribution in [0.5, 0.6) is 0 Å². The highest BCUT2D eigenvalue weighted by Gasteiger charge is 2.16. The van der Waals surface area contributed by atoms with Crippen molar-refractivity contribution in [3.63, 3.8) is 0 Å². The highest BCUT2D eigenvalue weighted by molar-refractivity contribution is 7.98. The smallest absolute Gasteiger partial charge is 0.0616 e. The second-order valence-electron chi connectivity index (χ2n) is 4.09. The fourth-order valence-corrected chi connectivity index (χ4v) is 2.74. The molecule has 1 atom stereocenters. The number of nitrogens with one attached hydrogen (secondary N) is 1. The van der Waals surface area contributed by atoms with Gasteiger partial charge in [0.05, 0.1) is 12.2 Å². The van der Waals surface area contributed by atoms with Gasteiger partial charge in [-0.15, -0.1) is 11.8 Å². The van der Waals surface area contributed by atoms with E-state index in [0.717, 1.165) is 6.54 Å². The summed E-state index contributed by atoms with van der Waals surface area (Å²) in [6.45, 7) is 3.00. The van der Waals surface area contributed by atoms with Gasteiger partial charge in [0.2, 0.25) is 0 Å². The van der Waals surface area contributed by atoms with Crippen LogP contribution in [0.2, 0.25) is 0 Å². The molecule has 1 heterocycles. The van der Waals surface area contributed by atoms with Gasteiger partial charge in [0, 0.05) is 23.2 Å². The van der Waals surface area contributed by atoms with E-state index in [4.69, 9.17) is 0 Å². The van der Waals surface area contributed by atoms with E-state index in [2.05, 4.69) is 54.1 Å². The van der Waals surface area contributed by atoms with Gasteiger partial charge < -0.3 is 5.32 Å². The van der Waals surface area contributed by atoms with Crippen LogP contribution in [0.4, 0.5) is 0 Å². The summed E-state index contributed by atoms with van der Waals surface area (Å²) >= 11 is 1.78. The van der Waals surface area contributed by atoms with E-state index in [1.807, 2.05) is 17.9 Å². The predicted molar refractivity (Wildman–Crippen MR) is 77.0 cm³/mol. The molecule has 0 saturated heterocycles. The van der Waals surface area contributed by atoms with E-state index >= 15 is 0 Å². The molecule has 0 aliphatic rings. The summed E-state index contributed by atoms with van der Waals surface area (Å²) in [6, 6.07) is 8.71. The van der Waals surface area contributed by atoms with Crippen LogP contribution >= 0.6 is 11.8 Å². The largest absolute Gasteiger partial charge is 0.309 e. The lowest BCUT2D eigenvalue weighted by atomic mass is 10.0. The minimum absolute atomic E-state index is 0.203. The number of hydrogen-bond donors (Lipinski definition) is 1. The minimum Gasteiger partial charge on any atom is -0.309 e. The Labute approximate surface area is 113 Å². The molecule has 0 aliphatic heterocycles. The third-order valence-electron chi connectivity index (χ3n) is 3.05. The van der Waals surface area contributed by atoms with Crippen molar-refractivity contribution >= 4 is 11.8 Å². The molecule has 1 unspecified atom stereocenters. The van der Waals surface area contributed by atoms with Crippen molar-refractivity contribution in [3.05, 3.63) is 47.8 Å². The Balaban J connectivity index is 2.38. The van der Waals surface area contributed by atoms with E-state index in [-0.39, 0.29) is 6.04 Å². The lowest BCUT2D eigenvalue weighted by Crippen LogP contribution is -2.17. The number of thioether (sulfide) groups is 1. The fourth-order valence-electron chi connectivity index (χ4n) is 2.11. The van der Waals surface area contributed by atoms with Crippen molar-refractivity contribution in [3.8, 4) is 0 Å². The Morgan fingerprint density at radius 1 is 1.39 bits per heavy atom. The molecule has 18 heavy (non-hydrogen) atoms. The maximum atomic E-state index is 4.35. The van der Waals surface area contributed by atoms with Gasteiger partial charge in [0.25, 0.3) is 0 Å². The molecule has 0 saturated carbocycles. The lowest BCUT2D eigenvalue weighted by Gasteiger charge is -2.17. The van der Waals surface area contributed by atoms with E-state index in [0.29, 0.717) is 0 Å². The zero-order valence-corrected chi connectivity index (χ0v) is 11.9. The summed E-state index contributed by atoms with van der Waals surface area (Å²) < 4.78 is 1.96. The second-order valence-corrected chi connectivity index (χ2v) is 4.94. The van der Waals surface area contributed by atoms with Gasteiger partial charge >= 0.3 is 0 Å². The highest BCUT2D eigenvalue weighted by atomic mass is 32.2. The molecule has 0 amide bonds. The molecule has 0 fully saturated rings. The third kappa shape index (κ3) is 2.60. The zero-order chi connectivity index (χ0) is 13.0. The van der Waals surface area contributed by atoms with Crippen molar-refractivity contribution in [2.24, 2.45) is 0 Å². The van der Waals surface area contributed by atoms with E-state index in [1.54, 1.807) is 11.8 Å². The van der Waals surface area contributed by atoms with E-state index in [9.17, 15) is 0 Å². The van der Waals surface area contributed by atoms with Crippen LogP contribution in [0.25, 0.3) is 0 Å². The zero-order valence-electron chi connectivity index (χ0n) is 11.1. The number of benzene rings is 1. The molecule has 1 aromatic heterocycles. The maximum Gasteiger partial charge on any atom is 0.0616 e. The van der Waals surface area contributed by atoms with Crippen molar-refractivity contribution < 1.29 is 0 Å². The first-order chi connectivity index (χ1) is 8.80. The topological polar surface area (TPSA) is 29.9 Å². The molecule has 0 radical (unpaired) electrons. The van der Waals surface area contributed by atoms with E-state index < -0.39 is 0 Å². The highest BCUT2D eigenvalue weighted by Crippen LogP contribution is 2.29. The molecule has 1 aromatic carbocycles. The molecule has 2 aromatic rings. The van der Waals surface area contributed by atoms with Crippen molar-refractivity contribution in [2.45, 2.75) is 24.4 Å². The molecule has 96 valence electrons. The second kappa shape index (κ2) is 6.07. The fraction of sp³-hybridized carbons (Fsp3) is 0.357. The van der Waals surface area contributed by atoms with Gasteiger partial charge in [-0.3, -0.25) is 4.68 Å². The van der Waals surface area contributed by atoms with Gasteiger partial charge in [-0.2, -0.15) is 5.10 Å². The normalized spacial score (nSPS) is 12.6. The third-order valence-corrected chi connectivity index (χ3v) is 3.86. The molecular formula is C14H19N3S. The first-order valence-corrected chi connectivity index (χ1v) is 7.35. The van der Waals surface area contributed by atoms with Gasteiger partial charge in [0.15, 0.2) is 0 Å². The quantitative estimate of drug-likeness (QED) is 0.839. The average molecular weight is 261 g/mol. The molecule has 0 aliphatic carbocycles. The van der Waals surface area contributed by atoms with E-state index in [1.165, 1.54) is 16.0 Å². The summed E-state index contributed by atoms with van der Waals surface area (Å²) in [6.07, 6.45) is 6.17. The van der Waals surface area contributed by atoms with Gasteiger partial charge in [-0.25, -0.2) is 0 Å². The van der Waals surface area contributed by atoms with Crippen LogP contribution in [-0.2, 0) is 6.54 Å². The molecule has 4 heteroatoms. The van der Waals surface area contributed by atoms with Gasteiger partial charge in [-0.05, 0) is 31.9 Å². The minimum atomic E-state index is 0.203. The van der Waals surface area contributed by atoms with Crippen LogP contribution in [0, 0.1) is 0 Å². The summed E-state index contributed by atoms with van der Waals surface area (Å²) in [5.41, 5.74) is 2.52. The summed E-state index contributed by atoms with van der Waals surface area (Å²) in [4.78, 5) is 1.31. The number of aromatic nitrogens is 2. The summed E-state index contributed by atoms with van der Waals surface area (Å²) in [5.74, 6) is 0. The van der Waals surface area contributed by atoms with Crippen LogP contribution in [-0.4, -0.2) is 23.1 Å². The molecular weight excluding hydrogens is 242 g/mol. The maximum absolute atomic E-state index is 4.35. The molecule has 3 nitrogen and oxygen atoms in total. The number of aryl methyl sites for hydroxylation is 1. The average Bonchev–Trinajstić information content (AvgIpc) is 2.89. The predicted octanol–water partition coefficient (Wildman–Crippen LogP) is 2.93. The van der Waals surface area contributed by atoms with Crippen LogP contribution in [0.3, 0.4) is 0 Å². The van der Waals surface area contributed by atoms with Crippen molar-refractivity contribution in [1.82, 2.24) is 15.1 Å². The van der Waals surface area contributed by atoms with Crippen LogP contribution in [0.1, 0.15) is 24.1 Å². The number of hydrogen-bond acceptors (Lipinski definition) is 3. The Morgan fingerprint density at radius 2 is 2.17 bits per heavy atom. The Kier molecular flexibility index (Phi) is 4.44. The SMILES string of the molecule is CCn1cc(C(NC)c2ccccc2SC)cn1. The molecule has 0 bridgehead atoms.